The monoisotopic (exact) mass is 410 g/mol. The summed E-state index contributed by atoms with van der Waals surface area (Å²) in [5.41, 5.74) is 6.01. The van der Waals surface area contributed by atoms with Crippen LogP contribution < -0.4 is 10.2 Å². The molecule has 2 N–H and O–H groups in total. The molecule has 0 radical (unpaired) electrons. The molecule has 0 aliphatic heterocycles. The molecule has 0 unspecified atom stereocenters. The van der Waals surface area contributed by atoms with Crippen molar-refractivity contribution in [3.63, 3.8) is 0 Å². The number of phenolic OH excluding ortho intramolecular Hbond substituents is 1. The third-order valence-electron chi connectivity index (χ3n) is 5.06. The van der Waals surface area contributed by atoms with Crippen LogP contribution in [0, 0.1) is 6.92 Å². The van der Waals surface area contributed by atoms with E-state index in [2.05, 4.69) is 23.5 Å². The zero-order chi connectivity index (χ0) is 21.6. The van der Waals surface area contributed by atoms with Crippen LogP contribution in [0.5, 0.6) is 11.5 Å². The topological polar surface area (TPSA) is 70.9 Å². The second-order valence-electron chi connectivity index (χ2n) is 7.16. The maximum atomic E-state index is 12.3. The largest absolute Gasteiger partial charge is 0.508 e. The third-order valence-corrected chi connectivity index (χ3v) is 5.06. The lowest BCUT2D eigenvalue weighted by Gasteiger charge is -2.13. The first-order chi connectivity index (χ1) is 15.1. The standard InChI is InChI=1S/C26H22N2O3/c1-18-6-2-3-8-21(18)17-31-25-15-12-19-7-4-5-9-23(19)24(25)16-27-28-26(30)20-10-13-22(29)14-11-20/h2-16,29H,17H2,1H3,(H,28,30)/b27-16+. The molecule has 0 heterocycles. The quantitative estimate of drug-likeness (QED) is 0.339. The van der Waals surface area contributed by atoms with Crippen LogP contribution in [0.2, 0.25) is 0 Å². The van der Waals surface area contributed by atoms with Crippen molar-refractivity contribution in [3.05, 3.63) is 107 Å². The van der Waals surface area contributed by atoms with Crippen LogP contribution in [-0.2, 0) is 6.61 Å². The van der Waals surface area contributed by atoms with E-state index in [0.29, 0.717) is 17.9 Å². The molecule has 0 fully saturated rings. The van der Waals surface area contributed by atoms with Crippen molar-refractivity contribution >= 4 is 22.9 Å². The number of ether oxygens (including phenoxy) is 1. The Balaban J connectivity index is 1.59. The van der Waals surface area contributed by atoms with Gasteiger partial charge in [0.25, 0.3) is 5.91 Å². The van der Waals surface area contributed by atoms with Gasteiger partial charge in [-0.3, -0.25) is 4.79 Å². The SMILES string of the molecule is Cc1ccccc1COc1ccc2ccccc2c1/C=N/NC(=O)c1ccc(O)cc1. The molecule has 0 aliphatic carbocycles. The Morgan fingerprint density at radius 1 is 0.968 bits per heavy atom. The lowest BCUT2D eigenvalue weighted by molar-refractivity contribution is 0.0955. The number of rotatable bonds is 6. The first-order valence-corrected chi connectivity index (χ1v) is 9.93. The number of fused-ring (bicyclic) bond motifs is 1. The smallest absolute Gasteiger partial charge is 0.271 e. The van der Waals surface area contributed by atoms with Crippen LogP contribution in [0.15, 0.2) is 90.0 Å². The van der Waals surface area contributed by atoms with E-state index in [-0.39, 0.29) is 11.7 Å². The molecule has 4 aromatic rings. The summed E-state index contributed by atoms with van der Waals surface area (Å²) in [4.78, 5) is 12.3. The molecule has 0 spiro atoms. The number of aromatic hydroxyl groups is 1. The Kier molecular flexibility index (Phi) is 5.94. The van der Waals surface area contributed by atoms with E-state index in [4.69, 9.17) is 4.74 Å². The predicted molar refractivity (Wildman–Crippen MR) is 123 cm³/mol. The van der Waals surface area contributed by atoms with Crippen molar-refractivity contribution in [2.45, 2.75) is 13.5 Å². The fourth-order valence-electron chi connectivity index (χ4n) is 3.29. The Hall–Kier alpha value is -4.12. The van der Waals surface area contributed by atoms with E-state index in [0.717, 1.165) is 21.9 Å². The Morgan fingerprint density at radius 3 is 2.52 bits per heavy atom. The Morgan fingerprint density at radius 2 is 1.71 bits per heavy atom. The minimum atomic E-state index is -0.362. The second kappa shape index (κ2) is 9.13. The maximum absolute atomic E-state index is 12.3. The van der Waals surface area contributed by atoms with Gasteiger partial charge in [-0.05, 0) is 59.2 Å². The van der Waals surface area contributed by atoms with Crippen molar-refractivity contribution in [3.8, 4) is 11.5 Å². The van der Waals surface area contributed by atoms with Crippen LogP contribution in [0.25, 0.3) is 10.8 Å². The van der Waals surface area contributed by atoms with Crippen molar-refractivity contribution in [2.24, 2.45) is 5.10 Å². The lowest BCUT2D eigenvalue weighted by Crippen LogP contribution is -2.17. The number of benzene rings is 4. The first kappa shape index (κ1) is 20.2. The second-order valence-corrected chi connectivity index (χ2v) is 7.16. The molecule has 0 atom stereocenters. The molecule has 0 bridgehead atoms. The first-order valence-electron chi connectivity index (χ1n) is 9.93. The Bertz CT molecular complexity index is 1250. The highest BCUT2D eigenvalue weighted by Gasteiger charge is 2.09. The molecule has 4 aromatic carbocycles. The molecule has 5 heteroatoms. The highest BCUT2D eigenvalue weighted by molar-refractivity contribution is 6.03. The zero-order valence-corrected chi connectivity index (χ0v) is 17.1. The number of aryl methyl sites for hydroxylation is 1. The molecule has 1 amide bonds. The van der Waals surface area contributed by atoms with Gasteiger partial charge < -0.3 is 9.84 Å². The van der Waals surface area contributed by atoms with Crippen molar-refractivity contribution in [1.82, 2.24) is 5.43 Å². The van der Waals surface area contributed by atoms with E-state index in [1.165, 1.54) is 29.8 Å². The number of hydrogen-bond acceptors (Lipinski definition) is 4. The van der Waals surface area contributed by atoms with Gasteiger partial charge >= 0.3 is 0 Å². The van der Waals surface area contributed by atoms with Gasteiger partial charge in [0.2, 0.25) is 0 Å². The number of nitrogens with zero attached hydrogens (tertiary/aromatic N) is 1. The van der Waals surface area contributed by atoms with Crippen molar-refractivity contribution in [1.29, 1.82) is 0 Å². The molecule has 4 rings (SSSR count). The molecule has 0 aromatic heterocycles. The van der Waals surface area contributed by atoms with Crippen LogP contribution >= 0.6 is 0 Å². The van der Waals surface area contributed by atoms with Gasteiger partial charge in [-0.1, -0.05) is 54.6 Å². The third kappa shape index (κ3) is 4.73. The minimum absolute atomic E-state index is 0.103. The molecule has 0 saturated heterocycles. The summed E-state index contributed by atoms with van der Waals surface area (Å²) in [6.45, 7) is 2.49. The molecular weight excluding hydrogens is 388 g/mol. The van der Waals surface area contributed by atoms with Gasteiger partial charge in [0.1, 0.15) is 18.1 Å². The average molecular weight is 410 g/mol. The molecule has 0 saturated carbocycles. The fraction of sp³-hybridized carbons (Fsp3) is 0.0769. The number of hydrogen-bond donors (Lipinski definition) is 2. The molecular formula is C26H22N2O3. The van der Waals surface area contributed by atoms with E-state index >= 15 is 0 Å². The molecule has 0 aliphatic rings. The highest BCUT2D eigenvalue weighted by atomic mass is 16.5. The summed E-state index contributed by atoms with van der Waals surface area (Å²) in [5, 5.41) is 15.6. The number of carbonyl (C=O) groups excluding carboxylic acids is 1. The van der Waals surface area contributed by atoms with Crippen molar-refractivity contribution in [2.75, 3.05) is 0 Å². The van der Waals surface area contributed by atoms with Crippen LogP contribution in [0.1, 0.15) is 27.0 Å². The van der Waals surface area contributed by atoms with E-state index in [9.17, 15) is 9.90 Å². The van der Waals surface area contributed by atoms with Crippen LogP contribution in [-0.4, -0.2) is 17.2 Å². The minimum Gasteiger partial charge on any atom is -0.508 e. The van der Waals surface area contributed by atoms with Gasteiger partial charge in [-0.15, -0.1) is 0 Å². The average Bonchev–Trinajstić information content (AvgIpc) is 2.79. The normalized spacial score (nSPS) is 11.0. The summed E-state index contributed by atoms with van der Waals surface area (Å²) < 4.78 is 6.14. The van der Waals surface area contributed by atoms with Crippen molar-refractivity contribution < 1.29 is 14.6 Å². The molecule has 154 valence electrons. The number of carbonyl (C=O) groups is 1. The van der Waals surface area contributed by atoms with Gasteiger partial charge in [-0.25, -0.2) is 5.43 Å². The number of hydrazone groups is 1. The number of amides is 1. The maximum Gasteiger partial charge on any atom is 0.271 e. The molecule has 31 heavy (non-hydrogen) atoms. The summed E-state index contributed by atoms with van der Waals surface area (Å²) >= 11 is 0. The number of phenols is 1. The van der Waals surface area contributed by atoms with Crippen LogP contribution in [0.4, 0.5) is 0 Å². The summed E-state index contributed by atoms with van der Waals surface area (Å²) in [5.74, 6) is 0.426. The molecule has 5 nitrogen and oxygen atoms in total. The zero-order valence-electron chi connectivity index (χ0n) is 17.1. The van der Waals surface area contributed by atoms with Gasteiger partial charge in [0, 0.05) is 11.1 Å². The number of nitrogens with one attached hydrogen (secondary N) is 1. The van der Waals surface area contributed by atoms with Crippen LogP contribution in [0.3, 0.4) is 0 Å². The fourth-order valence-corrected chi connectivity index (χ4v) is 3.29. The van der Waals surface area contributed by atoms with Gasteiger partial charge in [0.15, 0.2) is 0 Å². The predicted octanol–water partition coefficient (Wildman–Crippen LogP) is 5.20. The summed E-state index contributed by atoms with van der Waals surface area (Å²) in [6.07, 6.45) is 1.60. The van der Waals surface area contributed by atoms with Gasteiger partial charge in [-0.2, -0.15) is 5.10 Å². The lowest BCUT2D eigenvalue weighted by atomic mass is 10.0. The van der Waals surface area contributed by atoms with E-state index in [1.54, 1.807) is 6.21 Å². The summed E-state index contributed by atoms with van der Waals surface area (Å²) in [7, 11) is 0. The van der Waals surface area contributed by atoms with E-state index in [1.807, 2.05) is 54.6 Å². The Labute approximate surface area is 180 Å². The van der Waals surface area contributed by atoms with E-state index < -0.39 is 0 Å². The summed E-state index contributed by atoms with van der Waals surface area (Å²) in [6, 6.07) is 26.0. The highest BCUT2D eigenvalue weighted by Crippen LogP contribution is 2.27. The van der Waals surface area contributed by atoms with Gasteiger partial charge in [0.05, 0.1) is 6.21 Å².